The van der Waals surface area contributed by atoms with Gasteiger partial charge in [0.25, 0.3) is 0 Å². The Bertz CT molecular complexity index is 635. The molecular formula is C17H22N4O2. The predicted octanol–water partition coefficient (Wildman–Crippen LogP) is 2.94. The minimum Gasteiger partial charge on any atom is -0.360 e. The van der Waals surface area contributed by atoms with E-state index in [1.165, 1.54) is 12.8 Å². The molecular weight excluding hydrogens is 292 g/mol. The second-order valence-corrected chi connectivity index (χ2v) is 5.89. The summed E-state index contributed by atoms with van der Waals surface area (Å²) >= 11 is 0. The first-order valence-electron chi connectivity index (χ1n) is 7.99. The van der Waals surface area contributed by atoms with Crippen LogP contribution in [0.15, 0.2) is 40.9 Å². The van der Waals surface area contributed by atoms with E-state index < -0.39 is 0 Å². The number of nitrogens with zero attached hydrogens (tertiary/aromatic N) is 2. The van der Waals surface area contributed by atoms with Crippen molar-refractivity contribution in [2.24, 2.45) is 0 Å². The van der Waals surface area contributed by atoms with E-state index in [-0.39, 0.29) is 12.1 Å². The van der Waals surface area contributed by atoms with Crippen molar-refractivity contribution in [2.75, 3.05) is 25.0 Å². The van der Waals surface area contributed by atoms with E-state index in [0.29, 0.717) is 11.6 Å². The largest absolute Gasteiger partial charge is 0.360 e. The second-order valence-electron chi connectivity index (χ2n) is 5.89. The number of carbonyl (C=O) groups excluding carboxylic acids is 1. The van der Waals surface area contributed by atoms with Crippen LogP contribution >= 0.6 is 0 Å². The second kappa shape index (κ2) is 7.28. The van der Waals surface area contributed by atoms with Crippen LogP contribution in [0.1, 0.15) is 30.2 Å². The summed E-state index contributed by atoms with van der Waals surface area (Å²) in [4.78, 5) is 14.6. The van der Waals surface area contributed by atoms with E-state index in [1.807, 2.05) is 30.3 Å². The number of likely N-dealkylation sites (tertiary alicyclic amines) is 1. The molecule has 1 saturated heterocycles. The SMILES string of the molecule is Cc1cc(NC(=O)NC(CN2CCCC2)c2ccccc2)no1. The number of anilines is 1. The third kappa shape index (κ3) is 4.32. The molecule has 2 N–H and O–H groups in total. The van der Waals surface area contributed by atoms with Gasteiger partial charge in [-0.1, -0.05) is 35.5 Å². The third-order valence-corrected chi connectivity index (χ3v) is 4.02. The van der Waals surface area contributed by atoms with Gasteiger partial charge < -0.3 is 14.7 Å². The molecule has 6 heteroatoms. The summed E-state index contributed by atoms with van der Waals surface area (Å²) in [5.41, 5.74) is 1.10. The van der Waals surface area contributed by atoms with E-state index >= 15 is 0 Å². The number of amides is 2. The summed E-state index contributed by atoms with van der Waals surface area (Å²) in [6.07, 6.45) is 2.46. The summed E-state index contributed by atoms with van der Waals surface area (Å²) in [5.74, 6) is 1.09. The van der Waals surface area contributed by atoms with Crippen molar-refractivity contribution in [2.45, 2.75) is 25.8 Å². The number of benzene rings is 1. The summed E-state index contributed by atoms with van der Waals surface area (Å²) in [5, 5.41) is 9.54. The fourth-order valence-corrected chi connectivity index (χ4v) is 2.88. The molecule has 1 aliphatic rings. The zero-order valence-electron chi connectivity index (χ0n) is 13.3. The summed E-state index contributed by atoms with van der Waals surface area (Å²) < 4.78 is 4.96. The van der Waals surface area contributed by atoms with Crippen molar-refractivity contribution in [1.29, 1.82) is 0 Å². The van der Waals surface area contributed by atoms with Crippen LogP contribution in [0, 0.1) is 6.92 Å². The Kier molecular flexibility index (Phi) is 4.92. The fourth-order valence-electron chi connectivity index (χ4n) is 2.88. The monoisotopic (exact) mass is 314 g/mol. The lowest BCUT2D eigenvalue weighted by Gasteiger charge is -2.24. The Morgan fingerprint density at radius 1 is 1.30 bits per heavy atom. The quantitative estimate of drug-likeness (QED) is 0.890. The average Bonchev–Trinajstić information content (AvgIpc) is 3.19. The van der Waals surface area contributed by atoms with Crippen LogP contribution < -0.4 is 10.6 Å². The van der Waals surface area contributed by atoms with Gasteiger partial charge in [0, 0.05) is 12.6 Å². The molecule has 2 amide bonds. The van der Waals surface area contributed by atoms with Gasteiger partial charge in [0.15, 0.2) is 5.82 Å². The minimum absolute atomic E-state index is 0.0534. The summed E-state index contributed by atoms with van der Waals surface area (Å²) in [6, 6.07) is 11.4. The zero-order valence-corrected chi connectivity index (χ0v) is 13.3. The molecule has 0 aliphatic carbocycles. The molecule has 1 aromatic heterocycles. The van der Waals surface area contributed by atoms with Crippen LogP contribution in [-0.4, -0.2) is 35.7 Å². The van der Waals surface area contributed by atoms with Crippen molar-refractivity contribution in [3.63, 3.8) is 0 Å². The third-order valence-electron chi connectivity index (χ3n) is 4.02. The number of carbonyl (C=O) groups is 1. The molecule has 2 heterocycles. The molecule has 0 saturated carbocycles. The van der Waals surface area contributed by atoms with Gasteiger partial charge in [-0.2, -0.15) is 0 Å². The molecule has 0 bridgehead atoms. The van der Waals surface area contributed by atoms with Gasteiger partial charge in [0.2, 0.25) is 0 Å². The molecule has 1 unspecified atom stereocenters. The Morgan fingerprint density at radius 3 is 2.70 bits per heavy atom. The maximum Gasteiger partial charge on any atom is 0.321 e. The molecule has 1 fully saturated rings. The molecule has 23 heavy (non-hydrogen) atoms. The average molecular weight is 314 g/mol. The van der Waals surface area contributed by atoms with Crippen molar-refractivity contribution in [1.82, 2.24) is 15.4 Å². The van der Waals surface area contributed by atoms with Gasteiger partial charge in [-0.25, -0.2) is 4.79 Å². The Morgan fingerprint density at radius 2 is 2.04 bits per heavy atom. The van der Waals surface area contributed by atoms with E-state index in [2.05, 4.69) is 20.7 Å². The van der Waals surface area contributed by atoms with Gasteiger partial charge in [-0.15, -0.1) is 0 Å². The smallest absolute Gasteiger partial charge is 0.321 e. The van der Waals surface area contributed by atoms with Crippen LogP contribution in [-0.2, 0) is 0 Å². The lowest BCUT2D eigenvalue weighted by atomic mass is 10.1. The number of rotatable bonds is 5. The van der Waals surface area contributed by atoms with Crippen LogP contribution in [0.5, 0.6) is 0 Å². The standard InChI is InChI=1S/C17H22N4O2/c1-13-11-16(20-23-13)19-17(22)18-15(12-21-9-5-6-10-21)14-7-3-2-4-8-14/h2-4,7-8,11,15H,5-6,9-10,12H2,1H3,(H2,18,19,20,22). The van der Waals surface area contributed by atoms with Crippen LogP contribution in [0.4, 0.5) is 10.6 Å². The highest BCUT2D eigenvalue weighted by atomic mass is 16.5. The predicted molar refractivity (Wildman–Crippen MR) is 88.3 cm³/mol. The fraction of sp³-hybridized carbons (Fsp3) is 0.412. The highest BCUT2D eigenvalue weighted by molar-refractivity contribution is 5.88. The van der Waals surface area contributed by atoms with Gasteiger partial charge in [0.1, 0.15) is 5.76 Å². The highest BCUT2D eigenvalue weighted by Gasteiger charge is 2.21. The molecule has 1 aliphatic heterocycles. The van der Waals surface area contributed by atoms with E-state index in [9.17, 15) is 4.79 Å². The minimum atomic E-state index is -0.272. The zero-order chi connectivity index (χ0) is 16.1. The maximum atomic E-state index is 12.3. The molecule has 0 radical (unpaired) electrons. The molecule has 6 nitrogen and oxygen atoms in total. The van der Waals surface area contributed by atoms with Crippen molar-refractivity contribution >= 4 is 11.8 Å². The van der Waals surface area contributed by atoms with E-state index in [4.69, 9.17) is 4.52 Å². The highest BCUT2D eigenvalue weighted by Crippen LogP contribution is 2.18. The van der Waals surface area contributed by atoms with E-state index in [0.717, 1.165) is 25.2 Å². The number of hydrogen-bond donors (Lipinski definition) is 2. The summed E-state index contributed by atoms with van der Waals surface area (Å²) in [7, 11) is 0. The Hall–Kier alpha value is -2.34. The van der Waals surface area contributed by atoms with Gasteiger partial charge in [-0.05, 0) is 38.4 Å². The number of urea groups is 1. The molecule has 122 valence electrons. The lowest BCUT2D eigenvalue weighted by molar-refractivity contribution is 0.240. The number of hydrogen-bond acceptors (Lipinski definition) is 4. The van der Waals surface area contributed by atoms with Crippen LogP contribution in [0.25, 0.3) is 0 Å². The molecule has 1 atom stereocenters. The lowest BCUT2D eigenvalue weighted by Crippen LogP contribution is -2.39. The summed E-state index contributed by atoms with van der Waals surface area (Å²) in [6.45, 7) is 4.79. The maximum absolute atomic E-state index is 12.3. The van der Waals surface area contributed by atoms with Crippen molar-refractivity contribution in [3.8, 4) is 0 Å². The molecule has 2 aromatic rings. The van der Waals surface area contributed by atoms with Gasteiger partial charge in [0.05, 0.1) is 6.04 Å². The normalized spacial score (nSPS) is 16.2. The molecule has 1 aromatic carbocycles. The number of aromatic nitrogens is 1. The topological polar surface area (TPSA) is 70.4 Å². The molecule has 3 rings (SSSR count). The Balaban J connectivity index is 1.66. The molecule has 0 spiro atoms. The first-order valence-corrected chi connectivity index (χ1v) is 7.99. The first kappa shape index (κ1) is 15.6. The first-order chi connectivity index (χ1) is 11.2. The van der Waals surface area contributed by atoms with Gasteiger partial charge >= 0.3 is 6.03 Å². The Labute approximate surface area is 135 Å². The van der Waals surface area contributed by atoms with Crippen LogP contribution in [0.3, 0.4) is 0 Å². The van der Waals surface area contributed by atoms with Gasteiger partial charge in [-0.3, -0.25) is 5.32 Å². The van der Waals surface area contributed by atoms with Crippen molar-refractivity contribution in [3.05, 3.63) is 47.7 Å². The number of aryl methyl sites for hydroxylation is 1. The number of nitrogens with one attached hydrogen (secondary N) is 2. The van der Waals surface area contributed by atoms with Crippen molar-refractivity contribution < 1.29 is 9.32 Å². The van der Waals surface area contributed by atoms with E-state index in [1.54, 1.807) is 13.0 Å². The van der Waals surface area contributed by atoms with Crippen LogP contribution in [0.2, 0.25) is 0 Å².